The van der Waals surface area contributed by atoms with Crippen LogP contribution in [0.5, 0.6) is 5.75 Å². The van der Waals surface area contributed by atoms with Crippen LogP contribution in [0.1, 0.15) is 5.56 Å². The molecule has 1 amide bonds. The summed E-state index contributed by atoms with van der Waals surface area (Å²) in [5.74, 6) is 3.05. The lowest BCUT2D eigenvalue weighted by Crippen LogP contribution is -2.27. The van der Waals surface area contributed by atoms with E-state index in [1.165, 1.54) is 16.7 Å². The zero-order chi connectivity index (χ0) is 19.6. The predicted octanol–water partition coefficient (Wildman–Crippen LogP) is 5.97. The number of carbonyl (C=O) groups excluding carboxylic acids is 1. The number of hydrogen-bond acceptors (Lipinski definition) is 4. The molecule has 1 aliphatic heterocycles. The van der Waals surface area contributed by atoms with Crippen molar-refractivity contribution in [2.24, 2.45) is 0 Å². The topological polar surface area (TPSA) is 29.5 Å². The Balaban J connectivity index is 1.91. The summed E-state index contributed by atoms with van der Waals surface area (Å²) < 4.78 is 7.90. The Morgan fingerprint density at radius 1 is 1.30 bits per heavy atom. The van der Waals surface area contributed by atoms with E-state index in [1.807, 2.05) is 24.3 Å². The summed E-state index contributed by atoms with van der Waals surface area (Å²) in [6.07, 6.45) is 7.09. The molecule has 0 saturated carbocycles. The number of ether oxygens (including phenoxy) is 1. The maximum atomic E-state index is 12.9. The van der Waals surface area contributed by atoms with Gasteiger partial charge in [0.1, 0.15) is 12.4 Å². The molecule has 0 spiro atoms. The third kappa shape index (κ3) is 4.79. The molecule has 0 atom stereocenters. The highest BCUT2D eigenvalue weighted by atomic mass is 127. The minimum absolute atomic E-state index is 0.162. The summed E-state index contributed by atoms with van der Waals surface area (Å²) in [6, 6.07) is 11.0. The average Bonchev–Trinajstić information content (AvgIpc) is 2.88. The van der Waals surface area contributed by atoms with Gasteiger partial charge in [-0.2, -0.15) is 0 Å². The molecule has 27 heavy (non-hydrogen) atoms. The molecule has 1 saturated heterocycles. The molecule has 3 rings (SSSR count). The van der Waals surface area contributed by atoms with Gasteiger partial charge in [-0.3, -0.25) is 9.69 Å². The minimum atomic E-state index is -0.162. The van der Waals surface area contributed by atoms with E-state index in [-0.39, 0.29) is 12.5 Å². The number of amides is 1. The van der Waals surface area contributed by atoms with Crippen LogP contribution in [-0.2, 0) is 4.79 Å². The van der Waals surface area contributed by atoms with E-state index in [9.17, 15) is 4.79 Å². The van der Waals surface area contributed by atoms with Gasteiger partial charge < -0.3 is 4.74 Å². The number of hydrogen-bond donors (Lipinski definition) is 0. The normalized spacial score (nSPS) is 15.3. The Kier molecular flexibility index (Phi) is 7.08. The Morgan fingerprint density at radius 3 is 2.63 bits per heavy atom. The minimum Gasteiger partial charge on any atom is -0.479 e. The fourth-order valence-corrected chi connectivity index (χ4v) is 5.98. The van der Waals surface area contributed by atoms with Crippen LogP contribution in [0.3, 0.4) is 0 Å². The van der Waals surface area contributed by atoms with Crippen LogP contribution < -0.4 is 9.64 Å². The number of rotatable bonds is 4. The van der Waals surface area contributed by atoms with Gasteiger partial charge in [0, 0.05) is 5.02 Å². The first-order valence-electron chi connectivity index (χ1n) is 7.49. The molecular formula is C19H10ClI2NO2S2. The molecule has 8 heteroatoms. The number of terminal acetylenes is 1. The van der Waals surface area contributed by atoms with Crippen LogP contribution in [-0.4, -0.2) is 16.8 Å². The van der Waals surface area contributed by atoms with Gasteiger partial charge in [0.15, 0.2) is 4.32 Å². The first-order chi connectivity index (χ1) is 12.9. The van der Waals surface area contributed by atoms with E-state index < -0.39 is 0 Å². The molecule has 2 aromatic carbocycles. The molecule has 3 nitrogen and oxygen atoms in total. The second-order valence-electron chi connectivity index (χ2n) is 5.30. The van der Waals surface area contributed by atoms with Crippen LogP contribution in [0.2, 0.25) is 5.02 Å². The van der Waals surface area contributed by atoms with Crippen LogP contribution >= 0.6 is 80.8 Å². The van der Waals surface area contributed by atoms with Crippen LogP contribution in [0.25, 0.3) is 6.08 Å². The number of benzene rings is 2. The Morgan fingerprint density at radius 2 is 2.00 bits per heavy atom. The number of anilines is 1. The van der Waals surface area contributed by atoms with E-state index in [1.54, 1.807) is 18.2 Å². The maximum Gasteiger partial charge on any atom is 0.270 e. The zero-order valence-electron chi connectivity index (χ0n) is 13.5. The third-order valence-corrected chi connectivity index (χ3v) is 6.62. The third-order valence-electron chi connectivity index (χ3n) is 3.48. The van der Waals surface area contributed by atoms with Crippen molar-refractivity contribution in [1.29, 1.82) is 0 Å². The summed E-state index contributed by atoms with van der Waals surface area (Å²) in [6.45, 7) is 0.212. The molecule has 1 fully saturated rings. The van der Waals surface area contributed by atoms with Gasteiger partial charge in [0.2, 0.25) is 0 Å². The van der Waals surface area contributed by atoms with Gasteiger partial charge in [0.05, 0.1) is 17.7 Å². The molecule has 0 aliphatic carbocycles. The van der Waals surface area contributed by atoms with E-state index >= 15 is 0 Å². The van der Waals surface area contributed by atoms with Gasteiger partial charge in [-0.1, -0.05) is 47.6 Å². The number of thioether (sulfide) groups is 1. The van der Waals surface area contributed by atoms with E-state index in [4.69, 9.17) is 35.0 Å². The molecule has 0 N–H and O–H groups in total. The van der Waals surface area contributed by atoms with Gasteiger partial charge >= 0.3 is 0 Å². The molecular weight excluding hydrogens is 628 g/mol. The highest BCUT2D eigenvalue weighted by Crippen LogP contribution is 2.37. The van der Waals surface area contributed by atoms with Crippen molar-refractivity contribution < 1.29 is 9.53 Å². The quantitative estimate of drug-likeness (QED) is 0.179. The monoisotopic (exact) mass is 637 g/mol. The highest BCUT2D eigenvalue weighted by Gasteiger charge is 2.33. The number of nitrogens with zero attached hydrogens (tertiary/aromatic N) is 1. The van der Waals surface area contributed by atoms with Gasteiger partial charge in [0.25, 0.3) is 5.91 Å². The van der Waals surface area contributed by atoms with E-state index in [2.05, 4.69) is 51.1 Å². The summed E-state index contributed by atoms with van der Waals surface area (Å²) >= 11 is 17.1. The van der Waals surface area contributed by atoms with Crippen molar-refractivity contribution in [3.05, 3.63) is 59.0 Å². The SMILES string of the molecule is C#CCOc1c(I)cc(/C=C2/SC(=S)N(c3cccc(Cl)c3)C2=O)cc1I. The highest BCUT2D eigenvalue weighted by molar-refractivity contribution is 14.1. The van der Waals surface area contributed by atoms with Crippen LogP contribution in [0.4, 0.5) is 5.69 Å². The number of thiocarbonyl (C=S) groups is 1. The molecule has 0 aromatic heterocycles. The summed E-state index contributed by atoms with van der Waals surface area (Å²) in [5, 5.41) is 0.553. The molecule has 0 bridgehead atoms. The molecule has 1 aliphatic rings. The van der Waals surface area contributed by atoms with Crippen molar-refractivity contribution >= 4 is 103 Å². The first-order valence-corrected chi connectivity index (χ1v) is 11.3. The van der Waals surface area contributed by atoms with Crippen molar-refractivity contribution in [3.63, 3.8) is 0 Å². The van der Waals surface area contributed by atoms with Crippen molar-refractivity contribution in [1.82, 2.24) is 0 Å². The summed E-state index contributed by atoms with van der Waals surface area (Å²) in [7, 11) is 0. The van der Waals surface area contributed by atoms with E-state index in [0.29, 0.717) is 19.9 Å². The molecule has 0 radical (unpaired) electrons. The number of carbonyl (C=O) groups is 1. The lowest BCUT2D eigenvalue weighted by Gasteiger charge is -2.14. The second kappa shape index (κ2) is 9.13. The molecule has 2 aromatic rings. The van der Waals surface area contributed by atoms with Crippen LogP contribution in [0, 0.1) is 19.5 Å². The van der Waals surface area contributed by atoms with Crippen molar-refractivity contribution in [2.45, 2.75) is 0 Å². The lowest BCUT2D eigenvalue weighted by molar-refractivity contribution is -0.113. The van der Waals surface area contributed by atoms with Crippen molar-refractivity contribution in [2.75, 3.05) is 11.5 Å². The van der Waals surface area contributed by atoms with Gasteiger partial charge in [-0.05, 0) is 87.2 Å². The Labute approximate surface area is 199 Å². The Bertz CT molecular complexity index is 994. The standard InChI is InChI=1S/C19H10ClI2NO2S2/c1-2-6-25-17-14(21)7-11(8-15(17)22)9-16-18(24)23(19(26)27-16)13-5-3-4-12(20)10-13/h1,3-5,7-10H,6H2/b16-9+. The van der Waals surface area contributed by atoms with Gasteiger partial charge in [-0.25, -0.2) is 0 Å². The average molecular weight is 638 g/mol. The molecule has 1 heterocycles. The van der Waals surface area contributed by atoms with Crippen molar-refractivity contribution in [3.8, 4) is 18.1 Å². The second-order valence-corrected chi connectivity index (χ2v) is 9.74. The molecule has 0 unspecified atom stereocenters. The fraction of sp³-hybridized carbons (Fsp3) is 0.0526. The zero-order valence-corrected chi connectivity index (χ0v) is 20.2. The summed E-state index contributed by atoms with van der Waals surface area (Å²) in [5.41, 5.74) is 1.55. The number of halogens is 3. The Hall–Kier alpha value is -0.800. The molecule has 136 valence electrons. The van der Waals surface area contributed by atoms with Gasteiger partial charge in [-0.15, -0.1) is 6.42 Å². The fourth-order valence-electron chi connectivity index (χ4n) is 2.37. The smallest absolute Gasteiger partial charge is 0.270 e. The first kappa shape index (κ1) is 20.9. The maximum absolute atomic E-state index is 12.9. The van der Waals surface area contributed by atoms with E-state index in [0.717, 1.165) is 18.5 Å². The van der Waals surface area contributed by atoms with Crippen LogP contribution in [0.15, 0.2) is 41.3 Å². The predicted molar refractivity (Wildman–Crippen MR) is 133 cm³/mol. The largest absolute Gasteiger partial charge is 0.479 e. The lowest BCUT2D eigenvalue weighted by atomic mass is 10.2. The summed E-state index contributed by atoms with van der Waals surface area (Å²) in [4.78, 5) is 14.9.